The van der Waals surface area contributed by atoms with Crippen LogP contribution in [0.2, 0.25) is 0 Å². The number of alkyl halides is 1. The van der Waals surface area contributed by atoms with Crippen LogP contribution in [0.15, 0.2) is 30.3 Å². The quantitative estimate of drug-likeness (QED) is 0.739. The van der Waals surface area contributed by atoms with Gasteiger partial charge in [-0.1, -0.05) is 19.1 Å². The normalized spacial score (nSPS) is 10.8. The molecule has 21 heavy (non-hydrogen) atoms. The van der Waals surface area contributed by atoms with E-state index in [4.69, 9.17) is 11.6 Å². The van der Waals surface area contributed by atoms with Gasteiger partial charge in [-0.05, 0) is 49.9 Å². The third kappa shape index (κ3) is 4.50. The Bertz CT molecular complexity index is 563. The maximum absolute atomic E-state index is 5.76. The molecule has 1 aromatic heterocycles. The van der Waals surface area contributed by atoms with Crippen LogP contribution >= 0.6 is 11.6 Å². The van der Waals surface area contributed by atoms with E-state index in [2.05, 4.69) is 59.3 Å². The first-order valence-corrected chi connectivity index (χ1v) is 8.24. The van der Waals surface area contributed by atoms with Gasteiger partial charge in [0.05, 0.1) is 17.9 Å². The molecule has 0 aliphatic carbocycles. The maximum Gasteiger partial charge on any atom is 0.0625 e. The Morgan fingerprint density at radius 2 is 2.10 bits per heavy atom. The summed E-state index contributed by atoms with van der Waals surface area (Å²) in [5.41, 5.74) is 4.88. The summed E-state index contributed by atoms with van der Waals surface area (Å²) < 4.78 is 2.07. The SMILES string of the molecule is CCc1cc(CNc2cccc(CCCCl)c2)n(CC)n1. The molecule has 0 spiro atoms. The third-order valence-electron chi connectivity index (χ3n) is 3.58. The summed E-state index contributed by atoms with van der Waals surface area (Å²) in [5, 5.41) is 8.08. The number of halogens is 1. The Morgan fingerprint density at radius 3 is 2.81 bits per heavy atom. The second kappa shape index (κ2) is 8.08. The number of hydrogen-bond acceptors (Lipinski definition) is 2. The molecule has 2 rings (SSSR count). The van der Waals surface area contributed by atoms with Crippen LogP contribution in [0.3, 0.4) is 0 Å². The molecule has 3 nitrogen and oxygen atoms in total. The summed E-state index contributed by atoms with van der Waals surface area (Å²) in [6.45, 7) is 5.98. The molecular weight excluding hydrogens is 282 g/mol. The Kier molecular flexibility index (Phi) is 6.12. The van der Waals surface area contributed by atoms with Crippen LogP contribution in [0, 0.1) is 0 Å². The fourth-order valence-corrected chi connectivity index (χ4v) is 2.54. The van der Waals surface area contributed by atoms with E-state index in [9.17, 15) is 0 Å². The van der Waals surface area contributed by atoms with Gasteiger partial charge in [0, 0.05) is 18.1 Å². The first-order chi connectivity index (χ1) is 10.3. The Hall–Kier alpha value is -1.48. The molecule has 0 bridgehead atoms. The van der Waals surface area contributed by atoms with Crippen LogP contribution in [0.25, 0.3) is 0 Å². The number of anilines is 1. The van der Waals surface area contributed by atoms with Crippen LogP contribution < -0.4 is 5.32 Å². The highest BCUT2D eigenvalue weighted by atomic mass is 35.5. The van der Waals surface area contributed by atoms with Crippen molar-refractivity contribution in [1.82, 2.24) is 9.78 Å². The van der Waals surface area contributed by atoms with Crippen molar-refractivity contribution in [2.24, 2.45) is 0 Å². The zero-order valence-corrected chi connectivity index (χ0v) is 13.7. The molecule has 0 saturated heterocycles. The summed E-state index contributed by atoms with van der Waals surface area (Å²) in [6, 6.07) is 10.8. The summed E-state index contributed by atoms with van der Waals surface area (Å²) in [7, 11) is 0. The molecule has 0 fully saturated rings. The predicted octanol–water partition coefficient (Wildman–Crippen LogP) is 4.25. The van der Waals surface area contributed by atoms with Gasteiger partial charge in [0.1, 0.15) is 0 Å². The lowest BCUT2D eigenvalue weighted by atomic mass is 10.1. The molecule has 0 aliphatic heterocycles. The first kappa shape index (κ1) is 15.9. The second-order valence-electron chi connectivity index (χ2n) is 5.14. The van der Waals surface area contributed by atoms with Crippen molar-refractivity contribution in [2.75, 3.05) is 11.2 Å². The van der Waals surface area contributed by atoms with E-state index in [-0.39, 0.29) is 0 Å². The number of nitrogens with one attached hydrogen (secondary N) is 1. The molecule has 0 atom stereocenters. The largest absolute Gasteiger partial charge is 0.379 e. The van der Waals surface area contributed by atoms with E-state index in [1.807, 2.05) is 0 Å². The minimum absolute atomic E-state index is 0.715. The molecule has 114 valence electrons. The predicted molar refractivity (Wildman–Crippen MR) is 90.1 cm³/mol. The van der Waals surface area contributed by atoms with Crippen LogP contribution in [0.1, 0.15) is 37.2 Å². The minimum Gasteiger partial charge on any atom is -0.379 e. The number of nitrogens with zero attached hydrogens (tertiary/aromatic N) is 2. The smallest absolute Gasteiger partial charge is 0.0625 e. The van der Waals surface area contributed by atoms with Gasteiger partial charge < -0.3 is 5.32 Å². The molecule has 1 N–H and O–H groups in total. The van der Waals surface area contributed by atoms with Gasteiger partial charge in [0.15, 0.2) is 0 Å². The maximum atomic E-state index is 5.76. The van der Waals surface area contributed by atoms with Crippen molar-refractivity contribution in [3.8, 4) is 0 Å². The van der Waals surface area contributed by atoms with Gasteiger partial charge in [-0.15, -0.1) is 11.6 Å². The number of aromatic nitrogens is 2. The van der Waals surface area contributed by atoms with Gasteiger partial charge in [0.25, 0.3) is 0 Å². The summed E-state index contributed by atoms with van der Waals surface area (Å²) >= 11 is 5.76. The van der Waals surface area contributed by atoms with Gasteiger partial charge in [-0.25, -0.2) is 0 Å². The zero-order chi connectivity index (χ0) is 15.1. The topological polar surface area (TPSA) is 29.9 Å². The van der Waals surface area contributed by atoms with E-state index in [1.54, 1.807) is 0 Å². The average molecular weight is 306 g/mol. The van der Waals surface area contributed by atoms with E-state index in [1.165, 1.54) is 11.3 Å². The lowest BCUT2D eigenvalue weighted by molar-refractivity contribution is 0.619. The fraction of sp³-hybridized carbons (Fsp3) is 0.471. The third-order valence-corrected chi connectivity index (χ3v) is 3.84. The number of benzene rings is 1. The average Bonchev–Trinajstić information content (AvgIpc) is 2.94. The molecule has 4 heteroatoms. The first-order valence-electron chi connectivity index (χ1n) is 7.71. The Morgan fingerprint density at radius 1 is 1.24 bits per heavy atom. The van der Waals surface area contributed by atoms with Gasteiger partial charge in [0.2, 0.25) is 0 Å². The van der Waals surface area contributed by atoms with Crippen LogP contribution in [-0.2, 0) is 25.9 Å². The molecule has 0 aliphatic rings. The molecule has 0 saturated carbocycles. The summed E-state index contributed by atoms with van der Waals surface area (Å²) in [4.78, 5) is 0. The van der Waals surface area contributed by atoms with Gasteiger partial charge in [-0.3, -0.25) is 4.68 Å². The Balaban J connectivity index is 2.00. The molecule has 0 unspecified atom stereocenters. The molecule has 0 radical (unpaired) electrons. The molecule has 0 amide bonds. The van der Waals surface area contributed by atoms with Crippen molar-refractivity contribution in [3.05, 3.63) is 47.3 Å². The fourth-order valence-electron chi connectivity index (χ4n) is 2.40. The summed E-state index contributed by atoms with van der Waals surface area (Å²) in [6.07, 6.45) is 3.04. The van der Waals surface area contributed by atoms with Crippen LogP contribution in [-0.4, -0.2) is 15.7 Å². The molecular formula is C17H24ClN3. The molecule has 1 aromatic carbocycles. The standard InChI is InChI=1S/C17H24ClN3/c1-3-15-12-17(21(4-2)20-15)13-19-16-9-5-7-14(11-16)8-6-10-18/h5,7,9,11-12,19H,3-4,6,8,10,13H2,1-2H3. The van der Waals surface area contributed by atoms with E-state index in [0.29, 0.717) is 5.88 Å². The number of rotatable bonds is 8. The monoisotopic (exact) mass is 305 g/mol. The highest BCUT2D eigenvalue weighted by Gasteiger charge is 2.05. The highest BCUT2D eigenvalue weighted by Crippen LogP contribution is 2.14. The van der Waals surface area contributed by atoms with E-state index >= 15 is 0 Å². The number of aryl methyl sites for hydroxylation is 3. The zero-order valence-electron chi connectivity index (χ0n) is 12.9. The summed E-state index contributed by atoms with van der Waals surface area (Å²) in [5.74, 6) is 0.715. The van der Waals surface area contributed by atoms with E-state index in [0.717, 1.165) is 43.7 Å². The minimum atomic E-state index is 0.715. The van der Waals surface area contributed by atoms with Crippen LogP contribution in [0.5, 0.6) is 0 Å². The molecule has 1 heterocycles. The highest BCUT2D eigenvalue weighted by molar-refractivity contribution is 6.17. The lowest BCUT2D eigenvalue weighted by Crippen LogP contribution is -2.08. The van der Waals surface area contributed by atoms with Gasteiger partial charge in [-0.2, -0.15) is 5.10 Å². The van der Waals surface area contributed by atoms with Crippen molar-refractivity contribution in [1.29, 1.82) is 0 Å². The van der Waals surface area contributed by atoms with E-state index < -0.39 is 0 Å². The van der Waals surface area contributed by atoms with Crippen molar-refractivity contribution in [2.45, 2.75) is 46.2 Å². The van der Waals surface area contributed by atoms with Gasteiger partial charge >= 0.3 is 0 Å². The van der Waals surface area contributed by atoms with Crippen molar-refractivity contribution in [3.63, 3.8) is 0 Å². The lowest BCUT2D eigenvalue weighted by Gasteiger charge is -2.09. The van der Waals surface area contributed by atoms with Crippen molar-refractivity contribution >= 4 is 17.3 Å². The molecule has 2 aromatic rings. The Labute approximate surface area is 132 Å². The van der Waals surface area contributed by atoms with Crippen molar-refractivity contribution < 1.29 is 0 Å². The number of hydrogen-bond donors (Lipinski definition) is 1. The second-order valence-corrected chi connectivity index (χ2v) is 5.52. The van der Waals surface area contributed by atoms with Crippen LogP contribution in [0.4, 0.5) is 5.69 Å².